The van der Waals surface area contributed by atoms with Gasteiger partial charge in [0.05, 0.1) is 38.1 Å². The van der Waals surface area contributed by atoms with Crippen molar-refractivity contribution in [3.63, 3.8) is 0 Å². The van der Waals surface area contributed by atoms with Crippen LogP contribution in [0.15, 0.2) is 24.3 Å². The minimum atomic E-state index is -5.64. The molecule has 1 aliphatic carbocycles. The lowest BCUT2D eigenvalue weighted by atomic mass is 9.72. The van der Waals surface area contributed by atoms with E-state index in [0.717, 1.165) is 0 Å². The van der Waals surface area contributed by atoms with Crippen LogP contribution in [-0.4, -0.2) is 7.12 Å². The second-order valence-electron chi connectivity index (χ2n) is 13.5. The van der Waals surface area contributed by atoms with Crippen molar-refractivity contribution in [2.24, 2.45) is 0 Å². The molecule has 0 bridgehead atoms. The minimum absolute atomic E-state index is 0.0374. The SMILES string of the molecule is Fc1cc(F)c2c(F)ccc(OB(Oc3c(F)c(F)c(F)c4c3C(F)(F)c3c(F)c(F)c(F)c(F)c3-4)c3c(F)c(F)c4c(F)c(F)c5c(F)c(F)c(F)c6c(F)c(F)c3c4c56)c2c1. The van der Waals surface area contributed by atoms with Crippen LogP contribution < -0.4 is 14.8 Å². The summed E-state index contributed by atoms with van der Waals surface area (Å²) in [6.45, 7) is 0. The van der Waals surface area contributed by atoms with Gasteiger partial charge in [-0.1, -0.05) is 0 Å². The minimum Gasteiger partial charge on any atom is -0.521 e. The molecule has 24 heteroatoms. The number of rotatable bonds is 5. The molecule has 0 saturated carbocycles. The summed E-state index contributed by atoms with van der Waals surface area (Å²) in [6.07, 6.45) is 0. The monoisotopic (exact) mass is 914 g/mol. The highest BCUT2D eigenvalue weighted by Gasteiger charge is 2.56. The maximum atomic E-state index is 16.6. The summed E-state index contributed by atoms with van der Waals surface area (Å²) in [5, 5.41) is -14.8. The highest BCUT2D eigenvalue weighted by Crippen LogP contribution is 2.59. The van der Waals surface area contributed by atoms with E-state index in [2.05, 4.69) is 0 Å². The van der Waals surface area contributed by atoms with Gasteiger partial charge < -0.3 is 9.31 Å². The average molecular weight is 914 g/mol. The van der Waals surface area contributed by atoms with Crippen LogP contribution in [0, 0.1) is 111 Å². The number of halogens is 21. The van der Waals surface area contributed by atoms with E-state index in [1.54, 1.807) is 0 Å². The Bertz CT molecular complexity index is 3420. The largest absolute Gasteiger partial charge is 0.636 e. The first-order chi connectivity index (χ1) is 29.5. The highest BCUT2D eigenvalue weighted by atomic mass is 19.3. The molecular formula is C39H4BF21O2. The third kappa shape index (κ3) is 5.16. The maximum absolute atomic E-state index is 16.6. The van der Waals surface area contributed by atoms with Gasteiger partial charge in [0.15, 0.2) is 93.0 Å². The molecule has 0 amide bonds. The zero-order valence-corrected chi connectivity index (χ0v) is 29.1. The lowest BCUT2D eigenvalue weighted by Gasteiger charge is -2.25. The van der Waals surface area contributed by atoms with E-state index in [9.17, 15) is 30.7 Å². The predicted molar refractivity (Wildman–Crippen MR) is 175 cm³/mol. The zero-order chi connectivity index (χ0) is 45.9. The summed E-state index contributed by atoms with van der Waals surface area (Å²) >= 11 is 0. The third-order valence-corrected chi connectivity index (χ3v) is 10.3. The van der Waals surface area contributed by atoms with Crippen molar-refractivity contribution >= 4 is 55.7 Å². The highest BCUT2D eigenvalue weighted by molar-refractivity contribution is 6.66. The number of alkyl halides is 2. The molecule has 0 radical (unpaired) electrons. The molecule has 1 aliphatic rings. The third-order valence-electron chi connectivity index (χ3n) is 10.3. The van der Waals surface area contributed by atoms with Crippen molar-refractivity contribution in [2.75, 3.05) is 0 Å². The van der Waals surface area contributed by atoms with Gasteiger partial charge in [-0.2, -0.15) is 13.2 Å². The molecular weight excluding hydrogens is 910 g/mol. The Labute approximate surface area is 331 Å². The lowest BCUT2D eigenvalue weighted by Crippen LogP contribution is -2.46. The zero-order valence-electron chi connectivity index (χ0n) is 29.1. The van der Waals surface area contributed by atoms with E-state index < -0.39 is 206 Å². The van der Waals surface area contributed by atoms with Gasteiger partial charge in [-0.15, -0.1) is 0 Å². The molecule has 0 spiro atoms. The van der Waals surface area contributed by atoms with Gasteiger partial charge in [-0.3, -0.25) is 0 Å². The van der Waals surface area contributed by atoms with Crippen LogP contribution >= 0.6 is 0 Å². The summed E-state index contributed by atoms with van der Waals surface area (Å²) in [7, 11) is -3.83. The van der Waals surface area contributed by atoms with E-state index in [1.807, 2.05) is 0 Å². The predicted octanol–water partition coefficient (Wildman–Crippen LogP) is 12.4. The molecule has 2 nitrogen and oxygen atoms in total. The smallest absolute Gasteiger partial charge is 0.521 e. The Morgan fingerprint density at radius 1 is 0.365 bits per heavy atom. The number of hydrogen-bond donors (Lipinski definition) is 0. The fraction of sp³-hybridized carbons (Fsp3) is 0.0256. The van der Waals surface area contributed by atoms with Gasteiger partial charge in [0.25, 0.3) is 0 Å². The van der Waals surface area contributed by atoms with Crippen LogP contribution in [0.25, 0.3) is 54.2 Å². The second kappa shape index (κ2) is 13.4. The number of hydrogen-bond acceptors (Lipinski definition) is 2. The standard InChI is InChI=1S/C39H4BF21O2/c41-5-3-6-9(2-1-7(42)10(6)8(43)4-5)62-40(63-38-20-14(23(45)35(57)37(38)59)13-19(39(20,60)61)31(53)36(58)34(56)22(13)44)21-15-11-12-17(25(47)24(15)46)29(51)33(55)30(52)18(12)27(49)26(48)16(11)28(50)32(21)54/h1-4H. The average Bonchev–Trinajstić information content (AvgIpc) is 3.47. The van der Waals surface area contributed by atoms with Crippen LogP contribution in [-0.2, 0) is 5.92 Å². The van der Waals surface area contributed by atoms with Crippen molar-refractivity contribution in [1.82, 2.24) is 0 Å². The number of fused-ring (bicyclic) bond motifs is 4. The van der Waals surface area contributed by atoms with E-state index in [0.29, 0.717) is 0 Å². The fourth-order valence-corrected chi connectivity index (χ4v) is 7.74. The Kier molecular flexibility index (Phi) is 8.83. The molecule has 8 aromatic carbocycles. The fourth-order valence-electron chi connectivity index (χ4n) is 7.74. The van der Waals surface area contributed by atoms with Crippen molar-refractivity contribution in [2.45, 2.75) is 5.92 Å². The van der Waals surface area contributed by atoms with Crippen LogP contribution in [0.3, 0.4) is 0 Å². The molecule has 0 saturated heterocycles. The van der Waals surface area contributed by atoms with E-state index in [-0.39, 0.29) is 24.3 Å². The summed E-state index contributed by atoms with van der Waals surface area (Å²) in [5.41, 5.74) is -12.4. The molecule has 0 heterocycles. The molecule has 8 aromatic rings. The van der Waals surface area contributed by atoms with Crippen LogP contribution in [0.5, 0.6) is 11.5 Å². The second-order valence-corrected chi connectivity index (χ2v) is 13.5. The molecule has 0 N–H and O–H groups in total. The van der Waals surface area contributed by atoms with Crippen LogP contribution in [0.2, 0.25) is 0 Å². The summed E-state index contributed by atoms with van der Waals surface area (Å²) in [4.78, 5) is 0. The van der Waals surface area contributed by atoms with Gasteiger partial charge >= 0.3 is 13.0 Å². The quantitative estimate of drug-likeness (QED) is 0.0563. The molecule has 0 atom stereocenters. The van der Waals surface area contributed by atoms with E-state index >= 15 is 61.5 Å². The van der Waals surface area contributed by atoms with Gasteiger partial charge in [-0.25, -0.2) is 79.0 Å². The van der Waals surface area contributed by atoms with Gasteiger partial charge in [-0.05, 0) is 18.2 Å². The first kappa shape index (κ1) is 41.6. The summed E-state index contributed by atoms with van der Waals surface area (Å²) < 4.78 is 333. The molecule has 322 valence electrons. The van der Waals surface area contributed by atoms with Crippen LogP contribution in [0.4, 0.5) is 92.2 Å². The summed E-state index contributed by atoms with van der Waals surface area (Å²) in [5.74, 6) is -60.7. The van der Waals surface area contributed by atoms with E-state index in [4.69, 9.17) is 9.31 Å². The van der Waals surface area contributed by atoms with Crippen LogP contribution in [0.1, 0.15) is 11.1 Å². The molecule has 0 aliphatic heterocycles. The van der Waals surface area contributed by atoms with Crippen molar-refractivity contribution in [3.8, 4) is 22.6 Å². The maximum Gasteiger partial charge on any atom is 0.636 e. The van der Waals surface area contributed by atoms with Crippen molar-refractivity contribution in [1.29, 1.82) is 0 Å². The Balaban J connectivity index is 1.45. The number of benzene rings is 8. The molecule has 0 unspecified atom stereocenters. The molecule has 0 aromatic heterocycles. The first-order valence-corrected chi connectivity index (χ1v) is 16.7. The molecule has 9 rings (SSSR count). The Morgan fingerprint density at radius 2 is 0.810 bits per heavy atom. The van der Waals surface area contributed by atoms with Crippen molar-refractivity contribution in [3.05, 3.63) is 146 Å². The molecule has 63 heavy (non-hydrogen) atoms. The first-order valence-electron chi connectivity index (χ1n) is 16.7. The topological polar surface area (TPSA) is 18.5 Å². The van der Waals surface area contributed by atoms with Crippen molar-refractivity contribution < 1.29 is 102 Å². The lowest BCUT2D eigenvalue weighted by molar-refractivity contribution is 0.0404. The van der Waals surface area contributed by atoms with Gasteiger partial charge in [0.1, 0.15) is 23.2 Å². The Hall–Kier alpha value is -6.75. The Morgan fingerprint density at radius 3 is 1.38 bits per heavy atom. The van der Waals surface area contributed by atoms with E-state index in [1.165, 1.54) is 0 Å². The van der Waals surface area contributed by atoms with Gasteiger partial charge in [0.2, 0.25) is 5.82 Å². The normalized spacial score (nSPS) is 13.3. The van der Waals surface area contributed by atoms with Gasteiger partial charge in [0, 0.05) is 38.7 Å². The summed E-state index contributed by atoms with van der Waals surface area (Å²) in [6, 6.07) is 0.729. The molecule has 0 fully saturated rings.